The first-order valence-corrected chi connectivity index (χ1v) is 3.93. The molecule has 0 aliphatic carbocycles. The molecule has 0 unspecified atom stereocenters. The fourth-order valence-corrected chi connectivity index (χ4v) is 1.14. The number of amides is 1. The van der Waals surface area contributed by atoms with Crippen LogP contribution >= 0.6 is 0 Å². The second-order valence-corrected chi connectivity index (χ2v) is 2.68. The van der Waals surface area contributed by atoms with Crippen molar-refractivity contribution in [2.45, 2.75) is 0 Å². The number of hydrogen-bond donors (Lipinski definition) is 1. The van der Waals surface area contributed by atoms with Gasteiger partial charge in [0.15, 0.2) is 5.69 Å². The van der Waals surface area contributed by atoms with Gasteiger partial charge in [-0.05, 0) is 6.07 Å². The Balaban J connectivity index is 2.52. The number of primary amides is 1. The Morgan fingerprint density at radius 1 is 1.50 bits per heavy atom. The largest absolute Gasteiger partial charge is 0.364 e. The minimum atomic E-state index is -0.613. The molecule has 70 valence electrons. The third-order valence-electron chi connectivity index (χ3n) is 1.78. The fourth-order valence-electron chi connectivity index (χ4n) is 1.14. The molecule has 0 aromatic carbocycles. The average molecular weight is 189 g/mol. The lowest BCUT2D eigenvalue weighted by molar-refractivity contribution is 0.0992. The number of nitrogens with zero attached hydrogens (tertiary/aromatic N) is 2. The molecule has 0 saturated carbocycles. The number of carbonyl (C=O) groups is 1. The van der Waals surface area contributed by atoms with Gasteiger partial charge in [0.05, 0.1) is 5.56 Å². The molecule has 5 heteroatoms. The third kappa shape index (κ3) is 1.35. The highest BCUT2D eigenvalue weighted by Gasteiger charge is 2.14. The molecule has 0 bridgehead atoms. The van der Waals surface area contributed by atoms with Crippen molar-refractivity contribution < 1.29 is 9.32 Å². The van der Waals surface area contributed by atoms with Gasteiger partial charge >= 0.3 is 0 Å². The minimum absolute atomic E-state index is 0.123. The van der Waals surface area contributed by atoms with Crippen molar-refractivity contribution in [1.29, 1.82) is 0 Å². The van der Waals surface area contributed by atoms with Crippen LogP contribution in [0, 0.1) is 0 Å². The molecule has 0 radical (unpaired) electrons. The maximum Gasteiger partial charge on any atom is 0.271 e. The summed E-state index contributed by atoms with van der Waals surface area (Å²) in [6, 6.07) is 3.55. The summed E-state index contributed by atoms with van der Waals surface area (Å²) in [7, 11) is 0. The summed E-state index contributed by atoms with van der Waals surface area (Å²) in [6.45, 7) is 0. The highest BCUT2D eigenvalue weighted by atomic mass is 16.5. The van der Waals surface area contributed by atoms with Crippen LogP contribution in [0.3, 0.4) is 0 Å². The SMILES string of the molecule is NC(=O)c1nocc1-c1cccnc1. The van der Waals surface area contributed by atoms with Gasteiger partial charge in [0, 0.05) is 18.0 Å². The predicted octanol–water partition coefficient (Wildman–Crippen LogP) is 0.835. The number of hydrogen-bond acceptors (Lipinski definition) is 4. The Bertz CT molecular complexity index is 450. The van der Waals surface area contributed by atoms with E-state index >= 15 is 0 Å². The van der Waals surface area contributed by atoms with E-state index in [-0.39, 0.29) is 5.69 Å². The van der Waals surface area contributed by atoms with Crippen molar-refractivity contribution in [3.8, 4) is 11.1 Å². The van der Waals surface area contributed by atoms with E-state index < -0.39 is 5.91 Å². The first kappa shape index (κ1) is 8.43. The van der Waals surface area contributed by atoms with E-state index in [2.05, 4.69) is 14.7 Å². The molecular formula is C9H7N3O2. The average Bonchev–Trinajstić information content (AvgIpc) is 2.67. The van der Waals surface area contributed by atoms with E-state index in [1.807, 2.05) is 0 Å². The third-order valence-corrected chi connectivity index (χ3v) is 1.78. The first-order valence-electron chi connectivity index (χ1n) is 3.93. The van der Waals surface area contributed by atoms with Crippen molar-refractivity contribution in [1.82, 2.24) is 10.1 Å². The number of rotatable bonds is 2. The number of nitrogens with two attached hydrogens (primary N) is 1. The second kappa shape index (κ2) is 3.29. The van der Waals surface area contributed by atoms with Crippen molar-refractivity contribution in [2.75, 3.05) is 0 Å². The van der Waals surface area contributed by atoms with Crippen LogP contribution in [0.4, 0.5) is 0 Å². The van der Waals surface area contributed by atoms with Crippen molar-refractivity contribution in [3.63, 3.8) is 0 Å². The highest BCUT2D eigenvalue weighted by Crippen LogP contribution is 2.21. The van der Waals surface area contributed by atoms with Gasteiger partial charge in [-0.3, -0.25) is 9.78 Å². The van der Waals surface area contributed by atoms with Crippen molar-refractivity contribution in [3.05, 3.63) is 36.5 Å². The second-order valence-electron chi connectivity index (χ2n) is 2.68. The van der Waals surface area contributed by atoms with Gasteiger partial charge in [-0.25, -0.2) is 0 Å². The Hall–Kier alpha value is -2.17. The summed E-state index contributed by atoms with van der Waals surface area (Å²) in [5.41, 5.74) is 6.55. The van der Waals surface area contributed by atoms with Gasteiger partial charge in [-0.1, -0.05) is 11.2 Å². The van der Waals surface area contributed by atoms with Crippen molar-refractivity contribution in [2.24, 2.45) is 5.73 Å². The number of carbonyl (C=O) groups excluding carboxylic acids is 1. The van der Waals surface area contributed by atoms with E-state index in [0.717, 1.165) is 5.56 Å². The lowest BCUT2D eigenvalue weighted by Crippen LogP contribution is -2.12. The Morgan fingerprint density at radius 3 is 3.00 bits per heavy atom. The molecule has 2 N–H and O–H groups in total. The van der Waals surface area contributed by atoms with Crippen LogP contribution in [0.5, 0.6) is 0 Å². The van der Waals surface area contributed by atoms with Crippen LogP contribution in [0.15, 0.2) is 35.3 Å². The van der Waals surface area contributed by atoms with Gasteiger partial charge in [-0.15, -0.1) is 0 Å². The molecule has 2 rings (SSSR count). The molecular weight excluding hydrogens is 182 g/mol. The molecule has 0 aliphatic rings. The monoisotopic (exact) mass is 189 g/mol. The number of pyridine rings is 1. The summed E-state index contributed by atoms with van der Waals surface area (Å²) in [6.07, 6.45) is 4.62. The van der Waals surface area contributed by atoms with Gasteiger partial charge in [0.2, 0.25) is 0 Å². The zero-order chi connectivity index (χ0) is 9.97. The van der Waals surface area contributed by atoms with Crippen LogP contribution in [0.25, 0.3) is 11.1 Å². The standard InChI is InChI=1S/C9H7N3O2/c10-9(13)8-7(5-14-12-8)6-2-1-3-11-4-6/h1-5H,(H2,10,13). The molecule has 0 saturated heterocycles. The summed E-state index contributed by atoms with van der Waals surface area (Å²) < 4.78 is 4.68. The van der Waals surface area contributed by atoms with E-state index in [9.17, 15) is 4.79 Å². The first-order chi connectivity index (χ1) is 6.79. The molecule has 2 aromatic rings. The lowest BCUT2D eigenvalue weighted by Gasteiger charge is -1.95. The van der Waals surface area contributed by atoms with Gasteiger partial charge in [0.1, 0.15) is 6.26 Å². The maximum atomic E-state index is 10.9. The molecule has 0 spiro atoms. The van der Waals surface area contributed by atoms with Crippen LogP contribution in [0.1, 0.15) is 10.5 Å². The molecule has 2 aromatic heterocycles. The van der Waals surface area contributed by atoms with E-state index in [4.69, 9.17) is 5.73 Å². The van der Waals surface area contributed by atoms with Crippen LogP contribution < -0.4 is 5.73 Å². The normalized spacial score (nSPS) is 10.0. The summed E-state index contributed by atoms with van der Waals surface area (Å²) >= 11 is 0. The zero-order valence-corrected chi connectivity index (χ0v) is 7.18. The number of aromatic nitrogens is 2. The highest BCUT2D eigenvalue weighted by molar-refractivity contribution is 5.97. The van der Waals surface area contributed by atoms with E-state index in [1.54, 1.807) is 24.5 Å². The summed E-state index contributed by atoms with van der Waals surface area (Å²) in [5, 5.41) is 3.51. The van der Waals surface area contributed by atoms with E-state index in [1.165, 1.54) is 6.26 Å². The fraction of sp³-hybridized carbons (Fsp3) is 0. The molecule has 0 fully saturated rings. The van der Waals surface area contributed by atoms with Crippen LogP contribution in [0.2, 0.25) is 0 Å². The molecule has 2 heterocycles. The molecule has 1 amide bonds. The van der Waals surface area contributed by atoms with E-state index in [0.29, 0.717) is 5.56 Å². The van der Waals surface area contributed by atoms with Crippen LogP contribution in [-0.2, 0) is 0 Å². The Labute approximate surface area is 79.5 Å². The van der Waals surface area contributed by atoms with Crippen LogP contribution in [-0.4, -0.2) is 16.0 Å². The summed E-state index contributed by atoms with van der Waals surface area (Å²) in [5.74, 6) is -0.613. The molecule has 14 heavy (non-hydrogen) atoms. The lowest BCUT2D eigenvalue weighted by atomic mass is 10.1. The smallest absolute Gasteiger partial charge is 0.271 e. The minimum Gasteiger partial charge on any atom is -0.364 e. The van der Waals surface area contributed by atoms with Gasteiger partial charge < -0.3 is 10.3 Å². The zero-order valence-electron chi connectivity index (χ0n) is 7.18. The molecule has 0 atom stereocenters. The van der Waals surface area contributed by atoms with Gasteiger partial charge in [-0.2, -0.15) is 0 Å². The quantitative estimate of drug-likeness (QED) is 0.758. The molecule has 5 nitrogen and oxygen atoms in total. The molecule has 0 aliphatic heterocycles. The van der Waals surface area contributed by atoms with Crippen molar-refractivity contribution >= 4 is 5.91 Å². The van der Waals surface area contributed by atoms with Gasteiger partial charge in [0.25, 0.3) is 5.91 Å². The topological polar surface area (TPSA) is 82.0 Å². The summed E-state index contributed by atoms with van der Waals surface area (Å²) in [4.78, 5) is 14.9. The Morgan fingerprint density at radius 2 is 2.36 bits per heavy atom. The predicted molar refractivity (Wildman–Crippen MR) is 48.3 cm³/mol. The maximum absolute atomic E-state index is 10.9. The Kier molecular flexibility index (Phi) is 1.98.